The van der Waals surface area contributed by atoms with E-state index < -0.39 is 10.0 Å². The second kappa shape index (κ2) is 5.07. The fourth-order valence-corrected chi connectivity index (χ4v) is 3.89. The van der Waals surface area contributed by atoms with Crippen molar-refractivity contribution in [3.8, 4) is 0 Å². The van der Waals surface area contributed by atoms with Gasteiger partial charge in [-0.15, -0.1) is 0 Å². The zero-order chi connectivity index (χ0) is 12.5. The third-order valence-corrected chi connectivity index (χ3v) is 5.61. The number of hydrogen-bond acceptors (Lipinski definition) is 3. The van der Waals surface area contributed by atoms with E-state index in [-0.39, 0.29) is 5.03 Å². The SMILES string of the molecule is Cc1ncc(S(=O)(=O)NCC2CCCC2Br)[nH]1. The lowest BCUT2D eigenvalue weighted by atomic mass is 10.1. The summed E-state index contributed by atoms with van der Waals surface area (Å²) in [7, 11) is -3.44. The number of H-pyrrole nitrogens is 1. The van der Waals surface area contributed by atoms with Crippen LogP contribution in [0.1, 0.15) is 25.1 Å². The van der Waals surface area contributed by atoms with Crippen LogP contribution in [0.4, 0.5) is 0 Å². The Hall–Kier alpha value is -0.400. The van der Waals surface area contributed by atoms with E-state index in [0.717, 1.165) is 19.3 Å². The van der Waals surface area contributed by atoms with Gasteiger partial charge in [-0.25, -0.2) is 18.1 Å². The number of sulfonamides is 1. The maximum Gasteiger partial charge on any atom is 0.257 e. The first-order valence-electron chi connectivity index (χ1n) is 5.64. The highest BCUT2D eigenvalue weighted by molar-refractivity contribution is 9.09. The molecule has 0 aromatic carbocycles. The molecule has 17 heavy (non-hydrogen) atoms. The Morgan fingerprint density at radius 1 is 1.59 bits per heavy atom. The van der Waals surface area contributed by atoms with Crippen LogP contribution in [-0.2, 0) is 10.0 Å². The smallest absolute Gasteiger partial charge is 0.257 e. The zero-order valence-electron chi connectivity index (χ0n) is 9.61. The molecule has 7 heteroatoms. The summed E-state index contributed by atoms with van der Waals surface area (Å²) in [6.07, 6.45) is 4.69. The van der Waals surface area contributed by atoms with Crippen molar-refractivity contribution < 1.29 is 8.42 Å². The van der Waals surface area contributed by atoms with Crippen LogP contribution in [0.3, 0.4) is 0 Å². The van der Waals surface area contributed by atoms with Crippen LogP contribution in [0.15, 0.2) is 11.2 Å². The molecule has 1 aromatic rings. The van der Waals surface area contributed by atoms with E-state index in [4.69, 9.17) is 0 Å². The number of imidazole rings is 1. The highest BCUT2D eigenvalue weighted by Crippen LogP contribution is 2.31. The Balaban J connectivity index is 1.98. The Labute approximate surface area is 110 Å². The van der Waals surface area contributed by atoms with Crippen LogP contribution in [0.5, 0.6) is 0 Å². The predicted molar refractivity (Wildman–Crippen MR) is 68.6 cm³/mol. The Morgan fingerprint density at radius 3 is 2.88 bits per heavy atom. The van der Waals surface area contributed by atoms with E-state index in [1.54, 1.807) is 6.92 Å². The number of hydrogen-bond donors (Lipinski definition) is 2. The summed E-state index contributed by atoms with van der Waals surface area (Å²) >= 11 is 3.58. The van der Waals surface area contributed by atoms with Crippen molar-refractivity contribution in [3.05, 3.63) is 12.0 Å². The van der Waals surface area contributed by atoms with Crippen molar-refractivity contribution in [2.45, 2.75) is 36.0 Å². The number of aromatic amines is 1. The highest BCUT2D eigenvalue weighted by Gasteiger charge is 2.27. The Bertz CT molecular complexity index is 485. The van der Waals surface area contributed by atoms with Gasteiger partial charge < -0.3 is 4.98 Å². The maximum atomic E-state index is 11.9. The molecule has 2 rings (SSSR count). The lowest BCUT2D eigenvalue weighted by molar-refractivity contribution is 0.528. The second-order valence-electron chi connectivity index (χ2n) is 4.39. The molecule has 0 aliphatic heterocycles. The van der Waals surface area contributed by atoms with Gasteiger partial charge in [0, 0.05) is 11.4 Å². The lowest BCUT2D eigenvalue weighted by Gasteiger charge is -2.14. The van der Waals surface area contributed by atoms with Crippen LogP contribution in [0, 0.1) is 12.8 Å². The Kier molecular flexibility index (Phi) is 3.89. The largest absolute Gasteiger partial charge is 0.332 e. The molecular formula is C10H16BrN3O2S. The van der Waals surface area contributed by atoms with Crippen molar-refractivity contribution in [3.63, 3.8) is 0 Å². The van der Waals surface area contributed by atoms with Gasteiger partial charge >= 0.3 is 0 Å². The van der Waals surface area contributed by atoms with Gasteiger partial charge in [0.2, 0.25) is 0 Å². The van der Waals surface area contributed by atoms with Crippen molar-refractivity contribution in [1.82, 2.24) is 14.7 Å². The molecule has 0 bridgehead atoms. The number of nitrogens with zero attached hydrogens (tertiary/aromatic N) is 1. The van der Waals surface area contributed by atoms with Crippen LogP contribution in [0.2, 0.25) is 0 Å². The number of aryl methyl sites for hydroxylation is 1. The summed E-state index contributed by atoms with van der Waals surface area (Å²) in [6.45, 7) is 2.21. The molecule has 96 valence electrons. The zero-order valence-corrected chi connectivity index (χ0v) is 12.0. The van der Waals surface area contributed by atoms with Gasteiger partial charge in [-0.2, -0.15) is 0 Å². The third kappa shape index (κ3) is 3.08. The van der Waals surface area contributed by atoms with Crippen molar-refractivity contribution in [2.75, 3.05) is 6.54 Å². The van der Waals surface area contributed by atoms with E-state index in [2.05, 4.69) is 30.6 Å². The van der Waals surface area contributed by atoms with Crippen LogP contribution < -0.4 is 4.72 Å². The Morgan fingerprint density at radius 2 is 2.35 bits per heavy atom. The highest BCUT2D eigenvalue weighted by atomic mass is 79.9. The normalized spacial score (nSPS) is 25.3. The molecule has 1 aliphatic rings. The molecule has 0 amide bonds. The van der Waals surface area contributed by atoms with Crippen LogP contribution in [0.25, 0.3) is 0 Å². The monoisotopic (exact) mass is 321 g/mol. The maximum absolute atomic E-state index is 11.9. The van der Waals surface area contributed by atoms with E-state index in [9.17, 15) is 8.42 Å². The molecule has 1 saturated carbocycles. The van der Waals surface area contributed by atoms with Crippen LogP contribution in [-0.4, -0.2) is 29.8 Å². The molecule has 5 nitrogen and oxygen atoms in total. The first-order valence-corrected chi connectivity index (χ1v) is 8.04. The van der Waals surface area contributed by atoms with Crippen molar-refractivity contribution in [2.24, 2.45) is 5.92 Å². The first-order chi connectivity index (χ1) is 7.99. The summed E-state index contributed by atoms with van der Waals surface area (Å²) in [6, 6.07) is 0. The molecule has 1 aliphatic carbocycles. The average Bonchev–Trinajstić information content (AvgIpc) is 2.85. The van der Waals surface area contributed by atoms with E-state index in [1.807, 2.05) is 0 Å². The van der Waals surface area contributed by atoms with Gasteiger partial charge in [-0.05, 0) is 25.7 Å². The third-order valence-electron chi connectivity index (χ3n) is 3.07. The summed E-state index contributed by atoms with van der Waals surface area (Å²) < 4.78 is 26.5. The number of halogens is 1. The number of aromatic nitrogens is 2. The summed E-state index contributed by atoms with van der Waals surface area (Å²) in [5.74, 6) is 0.985. The molecular weight excluding hydrogens is 306 g/mol. The summed E-state index contributed by atoms with van der Waals surface area (Å²) in [5.41, 5.74) is 0. The number of nitrogens with one attached hydrogen (secondary N) is 2. The van der Waals surface area contributed by atoms with Gasteiger partial charge in [-0.3, -0.25) is 0 Å². The predicted octanol–water partition coefficient (Wildman–Crippen LogP) is 1.56. The molecule has 0 spiro atoms. The summed E-state index contributed by atoms with van der Waals surface area (Å²) in [5, 5.41) is 0.138. The minimum Gasteiger partial charge on any atom is -0.332 e. The number of alkyl halides is 1. The fraction of sp³-hybridized carbons (Fsp3) is 0.700. The van der Waals surface area contributed by atoms with Crippen LogP contribution >= 0.6 is 15.9 Å². The van der Waals surface area contributed by atoms with Gasteiger partial charge in [0.1, 0.15) is 5.82 Å². The quantitative estimate of drug-likeness (QED) is 0.826. The van der Waals surface area contributed by atoms with E-state index in [1.165, 1.54) is 6.20 Å². The van der Waals surface area contributed by atoms with Gasteiger partial charge in [0.25, 0.3) is 10.0 Å². The topological polar surface area (TPSA) is 74.8 Å². The first kappa shape index (κ1) is 13.0. The standard InChI is InChI=1S/C10H16BrN3O2S/c1-7-12-6-10(14-7)17(15,16)13-5-8-3-2-4-9(8)11/h6,8-9,13H,2-5H2,1H3,(H,12,14). The van der Waals surface area contributed by atoms with E-state index in [0.29, 0.717) is 23.1 Å². The van der Waals surface area contributed by atoms with Crippen molar-refractivity contribution >= 4 is 26.0 Å². The molecule has 1 heterocycles. The van der Waals surface area contributed by atoms with Crippen molar-refractivity contribution in [1.29, 1.82) is 0 Å². The average molecular weight is 322 g/mol. The molecule has 2 N–H and O–H groups in total. The molecule has 1 fully saturated rings. The van der Waals surface area contributed by atoms with E-state index >= 15 is 0 Å². The van der Waals surface area contributed by atoms with Gasteiger partial charge in [0.15, 0.2) is 5.03 Å². The fourth-order valence-electron chi connectivity index (χ4n) is 2.05. The molecule has 1 aromatic heterocycles. The second-order valence-corrected chi connectivity index (χ2v) is 7.30. The molecule has 0 saturated heterocycles. The van der Waals surface area contributed by atoms with Gasteiger partial charge in [0.05, 0.1) is 6.20 Å². The number of rotatable bonds is 4. The lowest BCUT2D eigenvalue weighted by Crippen LogP contribution is -2.31. The van der Waals surface area contributed by atoms with Gasteiger partial charge in [-0.1, -0.05) is 22.4 Å². The molecule has 2 atom stereocenters. The minimum atomic E-state index is -3.44. The molecule has 0 radical (unpaired) electrons. The minimum absolute atomic E-state index is 0.138. The summed E-state index contributed by atoms with van der Waals surface area (Å²) in [4.78, 5) is 7.05. The molecule has 2 unspecified atom stereocenters.